The third-order valence-corrected chi connectivity index (χ3v) is 9.11. The van der Waals surface area contributed by atoms with E-state index >= 15 is 0 Å². The standard InChI is InChI=1S/C14H22BrClOSi/c1-14(2,3)18(4,5)17-10-11-6-7-13(16)12(8-11)9-15/h6-8H,9-10H2,1-5H3. The fraction of sp³-hybridized carbons (Fsp3) is 0.571. The maximum Gasteiger partial charge on any atom is 0.192 e. The molecule has 1 aromatic rings. The first-order chi connectivity index (χ1) is 8.17. The molecule has 0 N–H and O–H groups in total. The zero-order chi connectivity index (χ0) is 14.0. The number of benzene rings is 1. The van der Waals surface area contributed by atoms with Gasteiger partial charge in [0.05, 0.1) is 6.61 Å². The van der Waals surface area contributed by atoms with Crippen LogP contribution in [0.2, 0.25) is 23.2 Å². The molecule has 1 aromatic carbocycles. The first-order valence-corrected chi connectivity index (χ1v) is 10.6. The van der Waals surface area contributed by atoms with Crippen molar-refractivity contribution in [3.63, 3.8) is 0 Å². The topological polar surface area (TPSA) is 9.23 Å². The Hall–Kier alpha value is 0.167. The van der Waals surface area contributed by atoms with Crippen molar-refractivity contribution in [3.8, 4) is 0 Å². The van der Waals surface area contributed by atoms with Gasteiger partial charge in [-0.25, -0.2) is 0 Å². The van der Waals surface area contributed by atoms with Crippen LogP contribution in [0, 0.1) is 0 Å². The van der Waals surface area contributed by atoms with Gasteiger partial charge in [0.25, 0.3) is 0 Å². The Morgan fingerprint density at radius 3 is 2.39 bits per heavy atom. The minimum absolute atomic E-state index is 0.248. The highest BCUT2D eigenvalue weighted by atomic mass is 79.9. The Labute approximate surface area is 125 Å². The smallest absolute Gasteiger partial charge is 0.192 e. The maximum atomic E-state index is 6.20. The summed E-state index contributed by atoms with van der Waals surface area (Å²) in [6, 6.07) is 6.11. The third kappa shape index (κ3) is 4.09. The van der Waals surface area contributed by atoms with Crippen LogP contribution in [0.15, 0.2) is 18.2 Å². The Morgan fingerprint density at radius 1 is 1.28 bits per heavy atom. The van der Waals surface area contributed by atoms with Crippen LogP contribution in [0.5, 0.6) is 0 Å². The summed E-state index contributed by atoms with van der Waals surface area (Å²) in [4.78, 5) is 0. The van der Waals surface area contributed by atoms with Crippen molar-refractivity contribution in [3.05, 3.63) is 34.3 Å². The average molecular weight is 350 g/mol. The summed E-state index contributed by atoms with van der Waals surface area (Å²) in [5.41, 5.74) is 2.31. The lowest BCUT2D eigenvalue weighted by Crippen LogP contribution is -2.40. The van der Waals surface area contributed by atoms with Gasteiger partial charge in [-0.15, -0.1) is 0 Å². The fourth-order valence-corrected chi connectivity index (χ4v) is 3.07. The zero-order valence-corrected chi connectivity index (χ0v) is 15.2. The lowest BCUT2D eigenvalue weighted by atomic mass is 10.1. The van der Waals surface area contributed by atoms with Crippen molar-refractivity contribution in [1.82, 2.24) is 0 Å². The van der Waals surface area contributed by atoms with Gasteiger partial charge in [-0.05, 0) is 35.3 Å². The molecule has 0 bridgehead atoms. The van der Waals surface area contributed by atoms with Crippen LogP contribution in [0.4, 0.5) is 0 Å². The molecule has 102 valence electrons. The van der Waals surface area contributed by atoms with E-state index in [-0.39, 0.29) is 5.04 Å². The summed E-state index contributed by atoms with van der Waals surface area (Å²) in [6.07, 6.45) is 0. The van der Waals surface area contributed by atoms with Gasteiger partial charge in [-0.1, -0.05) is 60.4 Å². The van der Waals surface area contributed by atoms with Gasteiger partial charge in [-0.3, -0.25) is 0 Å². The highest BCUT2D eigenvalue weighted by Crippen LogP contribution is 2.37. The lowest BCUT2D eigenvalue weighted by Gasteiger charge is -2.36. The van der Waals surface area contributed by atoms with Crippen molar-refractivity contribution in [2.24, 2.45) is 0 Å². The van der Waals surface area contributed by atoms with Gasteiger partial charge >= 0.3 is 0 Å². The molecule has 0 amide bonds. The fourth-order valence-electron chi connectivity index (χ4n) is 1.30. The Morgan fingerprint density at radius 2 is 1.89 bits per heavy atom. The predicted molar refractivity (Wildman–Crippen MR) is 86.1 cm³/mol. The first-order valence-electron chi connectivity index (χ1n) is 6.14. The van der Waals surface area contributed by atoms with Crippen LogP contribution < -0.4 is 0 Å². The van der Waals surface area contributed by atoms with E-state index in [0.717, 1.165) is 15.9 Å². The van der Waals surface area contributed by atoms with Crippen LogP contribution in [0.1, 0.15) is 31.9 Å². The maximum absolute atomic E-state index is 6.20. The zero-order valence-electron chi connectivity index (χ0n) is 11.8. The van der Waals surface area contributed by atoms with Crippen LogP contribution in [-0.4, -0.2) is 8.32 Å². The molecule has 0 aliphatic heterocycles. The van der Waals surface area contributed by atoms with E-state index in [9.17, 15) is 0 Å². The first kappa shape index (κ1) is 16.2. The molecule has 4 heteroatoms. The normalized spacial score (nSPS) is 12.8. The van der Waals surface area contributed by atoms with Crippen molar-refractivity contribution in [2.75, 3.05) is 0 Å². The molecule has 0 fully saturated rings. The monoisotopic (exact) mass is 348 g/mol. The highest BCUT2D eigenvalue weighted by Gasteiger charge is 2.36. The number of hydrogen-bond donors (Lipinski definition) is 0. The van der Waals surface area contributed by atoms with Crippen LogP contribution in [-0.2, 0) is 16.4 Å². The second-order valence-corrected chi connectivity index (χ2v) is 11.9. The largest absolute Gasteiger partial charge is 0.413 e. The molecule has 0 saturated heterocycles. The van der Waals surface area contributed by atoms with Crippen molar-refractivity contribution >= 4 is 35.8 Å². The molecule has 1 nitrogen and oxygen atoms in total. The second-order valence-electron chi connectivity index (χ2n) is 6.11. The number of halogens is 2. The van der Waals surface area contributed by atoms with Crippen molar-refractivity contribution < 1.29 is 4.43 Å². The Balaban J connectivity index is 2.75. The van der Waals surface area contributed by atoms with E-state index in [1.165, 1.54) is 5.56 Å². The molecule has 0 aromatic heterocycles. The molecule has 1 rings (SSSR count). The third-order valence-electron chi connectivity index (χ3n) is 3.66. The minimum Gasteiger partial charge on any atom is -0.413 e. The summed E-state index contributed by atoms with van der Waals surface area (Å²) < 4.78 is 6.20. The molecule has 0 heterocycles. The molecule has 0 spiro atoms. The number of rotatable bonds is 4. The SMILES string of the molecule is CC(C)(C)[Si](C)(C)OCc1ccc(Cl)c(CBr)c1. The molecule has 0 saturated carbocycles. The summed E-state index contributed by atoms with van der Waals surface area (Å²) >= 11 is 9.55. The summed E-state index contributed by atoms with van der Waals surface area (Å²) in [6.45, 7) is 12.0. The van der Waals surface area contributed by atoms with Gasteiger partial charge in [-0.2, -0.15) is 0 Å². The quantitative estimate of drug-likeness (QED) is 0.496. The van der Waals surface area contributed by atoms with Crippen LogP contribution in [0.3, 0.4) is 0 Å². The lowest BCUT2D eigenvalue weighted by molar-refractivity contribution is 0.276. The van der Waals surface area contributed by atoms with Gasteiger partial charge < -0.3 is 4.43 Å². The van der Waals surface area contributed by atoms with Gasteiger partial charge in [0.1, 0.15) is 0 Å². The van der Waals surface area contributed by atoms with Gasteiger partial charge in [0.2, 0.25) is 0 Å². The second kappa shape index (κ2) is 6.08. The number of alkyl halides is 1. The van der Waals surface area contributed by atoms with E-state index < -0.39 is 8.32 Å². The van der Waals surface area contributed by atoms with E-state index in [0.29, 0.717) is 6.61 Å². The molecule has 0 unspecified atom stereocenters. The van der Waals surface area contributed by atoms with Crippen molar-refractivity contribution in [2.45, 2.75) is 50.8 Å². The van der Waals surface area contributed by atoms with E-state index in [2.05, 4.69) is 55.9 Å². The predicted octanol–water partition coefficient (Wildman–Crippen LogP) is 5.76. The minimum atomic E-state index is -1.67. The molecular weight excluding hydrogens is 328 g/mol. The number of hydrogen-bond acceptors (Lipinski definition) is 1. The van der Waals surface area contributed by atoms with Crippen molar-refractivity contribution in [1.29, 1.82) is 0 Å². The van der Waals surface area contributed by atoms with E-state index in [4.69, 9.17) is 16.0 Å². The molecule has 0 radical (unpaired) electrons. The molecule has 0 aliphatic rings. The molecular formula is C14H22BrClOSi. The highest BCUT2D eigenvalue weighted by molar-refractivity contribution is 9.08. The Kier molecular flexibility index (Phi) is 5.48. The summed E-state index contributed by atoms with van der Waals surface area (Å²) in [5, 5.41) is 1.83. The summed E-state index contributed by atoms with van der Waals surface area (Å²) in [7, 11) is -1.67. The molecule has 0 atom stereocenters. The van der Waals surface area contributed by atoms with Crippen LogP contribution >= 0.6 is 27.5 Å². The molecule has 0 aliphatic carbocycles. The van der Waals surface area contributed by atoms with Gasteiger partial charge in [0.15, 0.2) is 8.32 Å². The van der Waals surface area contributed by atoms with Crippen LogP contribution in [0.25, 0.3) is 0 Å². The molecule has 18 heavy (non-hydrogen) atoms. The van der Waals surface area contributed by atoms with E-state index in [1.54, 1.807) is 0 Å². The Bertz CT molecular complexity index is 413. The average Bonchev–Trinajstić information content (AvgIpc) is 2.26. The van der Waals surface area contributed by atoms with Gasteiger partial charge in [0, 0.05) is 10.4 Å². The van der Waals surface area contributed by atoms with E-state index in [1.807, 2.05) is 12.1 Å². The summed E-state index contributed by atoms with van der Waals surface area (Å²) in [5.74, 6) is 0.